The molecule has 82 valence electrons. The first-order chi connectivity index (χ1) is 7.11. The predicted octanol–water partition coefficient (Wildman–Crippen LogP) is 2.10. The molecule has 1 aromatic heterocycles. The van der Waals surface area contributed by atoms with Gasteiger partial charge in [-0.15, -0.1) is 0 Å². The van der Waals surface area contributed by atoms with E-state index in [0.29, 0.717) is 5.88 Å². The largest absolute Gasteiger partial charge is 0.481 e. The van der Waals surface area contributed by atoms with Crippen molar-refractivity contribution in [3.05, 3.63) is 12.1 Å². The second-order valence-electron chi connectivity index (χ2n) is 4.44. The summed E-state index contributed by atoms with van der Waals surface area (Å²) in [6.45, 7) is 5.30. The Morgan fingerprint density at radius 3 is 2.93 bits per heavy atom. The van der Waals surface area contributed by atoms with Crippen molar-refractivity contribution in [1.82, 2.24) is 4.98 Å². The molecule has 1 aliphatic rings. The van der Waals surface area contributed by atoms with Crippen molar-refractivity contribution in [2.24, 2.45) is 0 Å². The van der Waals surface area contributed by atoms with Crippen molar-refractivity contribution in [3.8, 4) is 5.88 Å². The van der Waals surface area contributed by atoms with Crippen molar-refractivity contribution in [2.45, 2.75) is 25.8 Å². The molecule has 4 heteroatoms. The van der Waals surface area contributed by atoms with E-state index >= 15 is 0 Å². The highest BCUT2D eigenvalue weighted by Crippen LogP contribution is 2.29. The minimum Gasteiger partial charge on any atom is -0.481 e. The third-order valence-electron chi connectivity index (χ3n) is 2.60. The lowest BCUT2D eigenvalue weighted by molar-refractivity contribution is 0.398. The van der Waals surface area contributed by atoms with Crippen LogP contribution in [0.1, 0.15) is 20.3 Å². The van der Waals surface area contributed by atoms with E-state index < -0.39 is 0 Å². The average molecular weight is 207 g/mol. The van der Waals surface area contributed by atoms with Gasteiger partial charge in [-0.2, -0.15) is 4.98 Å². The zero-order valence-electron chi connectivity index (χ0n) is 9.42. The van der Waals surface area contributed by atoms with Gasteiger partial charge in [-0.25, -0.2) is 0 Å². The molecule has 0 unspecified atom stereocenters. The van der Waals surface area contributed by atoms with Gasteiger partial charge >= 0.3 is 0 Å². The molecule has 2 rings (SSSR count). The monoisotopic (exact) mass is 207 g/mol. The molecule has 0 aromatic carbocycles. The fraction of sp³-hybridized carbons (Fsp3) is 0.545. The molecule has 0 spiro atoms. The van der Waals surface area contributed by atoms with Gasteiger partial charge in [-0.3, -0.25) is 0 Å². The Kier molecular flexibility index (Phi) is 2.42. The van der Waals surface area contributed by atoms with Crippen LogP contribution in [0.4, 0.5) is 11.5 Å². The first kappa shape index (κ1) is 10.1. The Balaban J connectivity index is 2.36. The minimum atomic E-state index is 0.0671. The Morgan fingerprint density at radius 1 is 1.40 bits per heavy atom. The minimum absolute atomic E-state index is 0.0671. The Morgan fingerprint density at radius 2 is 2.20 bits per heavy atom. The molecular formula is C11H17N3O. The summed E-state index contributed by atoms with van der Waals surface area (Å²) in [5.41, 5.74) is 1.11. The number of nitrogens with one attached hydrogen (secondary N) is 2. The van der Waals surface area contributed by atoms with Crippen LogP contribution in [0.5, 0.6) is 5.88 Å². The summed E-state index contributed by atoms with van der Waals surface area (Å²) in [7, 11) is 1.63. The molecule has 1 aromatic rings. The van der Waals surface area contributed by atoms with Crippen LogP contribution in [-0.4, -0.2) is 24.2 Å². The number of anilines is 2. The first-order valence-corrected chi connectivity index (χ1v) is 5.18. The van der Waals surface area contributed by atoms with E-state index in [1.54, 1.807) is 7.11 Å². The van der Waals surface area contributed by atoms with Gasteiger partial charge in [0.05, 0.1) is 12.8 Å². The van der Waals surface area contributed by atoms with Gasteiger partial charge in [0.2, 0.25) is 5.88 Å². The fourth-order valence-corrected chi connectivity index (χ4v) is 1.69. The number of nitrogens with zero attached hydrogens (tertiary/aromatic N) is 1. The number of fused-ring (bicyclic) bond motifs is 1. The highest BCUT2D eigenvalue weighted by molar-refractivity contribution is 5.66. The lowest BCUT2D eigenvalue weighted by Gasteiger charge is -2.24. The smallest absolute Gasteiger partial charge is 0.215 e. The second-order valence-corrected chi connectivity index (χ2v) is 4.44. The van der Waals surface area contributed by atoms with Crippen molar-refractivity contribution < 1.29 is 4.74 Å². The van der Waals surface area contributed by atoms with Crippen LogP contribution in [0.15, 0.2) is 12.1 Å². The predicted molar refractivity (Wildman–Crippen MR) is 61.6 cm³/mol. The Labute approximate surface area is 90.0 Å². The summed E-state index contributed by atoms with van der Waals surface area (Å²) in [6, 6.07) is 3.86. The molecule has 0 saturated heterocycles. The SMILES string of the molecule is COc1ccc2c(n1)NC(C)(C)CCN2. The molecule has 0 aliphatic carbocycles. The van der Waals surface area contributed by atoms with Crippen LogP contribution < -0.4 is 15.4 Å². The molecule has 0 atom stereocenters. The average Bonchev–Trinajstić information content (AvgIpc) is 2.33. The maximum atomic E-state index is 5.11. The van der Waals surface area contributed by atoms with Crippen LogP contribution in [0, 0.1) is 0 Å². The number of hydrogen-bond donors (Lipinski definition) is 2. The summed E-state index contributed by atoms with van der Waals surface area (Å²) < 4.78 is 5.11. The van der Waals surface area contributed by atoms with Crippen LogP contribution in [0.2, 0.25) is 0 Å². The lowest BCUT2D eigenvalue weighted by atomic mass is 10.0. The van der Waals surface area contributed by atoms with Gasteiger partial charge in [-0.05, 0) is 26.3 Å². The van der Waals surface area contributed by atoms with E-state index in [1.165, 1.54) is 0 Å². The molecule has 1 aliphatic heterocycles. The summed E-state index contributed by atoms with van der Waals surface area (Å²) in [5, 5.41) is 6.77. The van der Waals surface area contributed by atoms with Crippen molar-refractivity contribution >= 4 is 11.5 Å². The van der Waals surface area contributed by atoms with Crippen LogP contribution in [-0.2, 0) is 0 Å². The topological polar surface area (TPSA) is 46.2 Å². The molecule has 0 radical (unpaired) electrons. The number of methoxy groups -OCH3 is 1. The van der Waals surface area contributed by atoms with Gasteiger partial charge in [0.1, 0.15) is 0 Å². The number of hydrogen-bond acceptors (Lipinski definition) is 4. The summed E-state index contributed by atoms with van der Waals surface area (Å²) in [5.74, 6) is 1.51. The fourth-order valence-electron chi connectivity index (χ4n) is 1.69. The highest BCUT2D eigenvalue weighted by atomic mass is 16.5. The van der Waals surface area contributed by atoms with Crippen molar-refractivity contribution in [2.75, 3.05) is 24.3 Å². The van der Waals surface area contributed by atoms with Crippen LogP contribution >= 0.6 is 0 Å². The highest BCUT2D eigenvalue weighted by Gasteiger charge is 2.22. The van der Waals surface area contributed by atoms with E-state index in [0.717, 1.165) is 24.5 Å². The number of rotatable bonds is 1. The van der Waals surface area contributed by atoms with Gasteiger partial charge < -0.3 is 15.4 Å². The zero-order valence-corrected chi connectivity index (χ0v) is 9.42. The molecule has 0 bridgehead atoms. The molecule has 0 amide bonds. The van der Waals surface area contributed by atoms with E-state index in [2.05, 4.69) is 29.5 Å². The summed E-state index contributed by atoms with van der Waals surface area (Å²) >= 11 is 0. The quantitative estimate of drug-likeness (QED) is 0.740. The van der Waals surface area contributed by atoms with Crippen LogP contribution in [0.25, 0.3) is 0 Å². The molecule has 15 heavy (non-hydrogen) atoms. The molecule has 2 N–H and O–H groups in total. The molecule has 4 nitrogen and oxygen atoms in total. The van der Waals surface area contributed by atoms with E-state index in [4.69, 9.17) is 4.74 Å². The molecule has 2 heterocycles. The van der Waals surface area contributed by atoms with Gasteiger partial charge in [0, 0.05) is 18.2 Å². The normalized spacial score (nSPS) is 18.1. The van der Waals surface area contributed by atoms with Crippen molar-refractivity contribution in [3.63, 3.8) is 0 Å². The lowest BCUT2D eigenvalue weighted by Crippen LogP contribution is -2.31. The van der Waals surface area contributed by atoms with E-state index in [1.807, 2.05) is 12.1 Å². The molecule has 0 fully saturated rings. The summed E-state index contributed by atoms with van der Waals surface area (Å²) in [4.78, 5) is 4.39. The Bertz CT molecular complexity index is 363. The number of pyridine rings is 1. The standard InChI is InChI=1S/C11H17N3O/c1-11(2)6-7-12-8-4-5-9(15-3)13-10(8)14-11/h4-5,12H,6-7H2,1-3H3,(H,13,14). The molecule has 0 saturated carbocycles. The third kappa shape index (κ3) is 2.14. The summed E-state index contributed by atoms with van der Waals surface area (Å²) in [6.07, 6.45) is 1.06. The third-order valence-corrected chi connectivity index (χ3v) is 2.60. The van der Waals surface area contributed by atoms with Gasteiger partial charge in [0.15, 0.2) is 5.82 Å². The number of ether oxygens (including phenoxy) is 1. The van der Waals surface area contributed by atoms with E-state index in [9.17, 15) is 0 Å². The molecular weight excluding hydrogens is 190 g/mol. The second kappa shape index (κ2) is 3.61. The van der Waals surface area contributed by atoms with Crippen LogP contribution in [0.3, 0.4) is 0 Å². The van der Waals surface area contributed by atoms with Crippen molar-refractivity contribution in [1.29, 1.82) is 0 Å². The first-order valence-electron chi connectivity index (χ1n) is 5.18. The van der Waals surface area contributed by atoms with Gasteiger partial charge in [0.25, 0.3) is 0 Å². The Hall–Kier alpha value is -1.45. The van der Waals surface area contributed by atoms with Gasteiger partial charge in [-0.1, -0.05) is 0 Å². The maximum absolute atomic E-state index is 5.11. The number of aromatic nitrogens is 1. The zero-order chi connectivity index (χ0) is 10.9. The van der Waals surface area contributed by atoms with E-state index in [-0.39, 0.29) is 5.54 Å². The maximum Gasteiger partial charge on any atom is 0.215 e.